The van der Waals surface area contributed by atoms with Crippen molar-refractivity contribution < 1.29 is 0 Å². The van der Waals surface area contributed by atoms with Crippen LogP contribution in [0.25, 0.3) is 0 Å². The van der Waals surface area contributed by atoms with Gasteiger partial charge in [-0.1, -0.05) is 86.6 Å². The molecule has 0 bridgehead atoms. The highest BCUT2D eigenvalue weighted by Gasteiger charge is 2.46. The van der Waals surface area contributed by atoms with Crippen molar-refractivity contribution in [1.82, 2.24) is 0 Å². The van der Waals surface area contributed by atoms with Crippen molar-refractivity contribution in [2.75, 3.05) is 22.9 Å². The number of nitrogens with zero attached hydrogens (tertiary/aromatic N) is 2. The summed E-state index contributed by atoms with van der Waals surface area (Å²) in [5.74, 6) is 0. The standard InChI is InChI=1S/C38H49BN2/c1-36(2,3)24-22-31-33-32(23-24)41-21-13-11-15-26-28(38(7,8)9)17-19-30(35(26)41)39(33)29-18-16-27(37(4,5)6)25-14-10-12-20-40(31)34(25)29/h16-19,22-23H,10-15,20-21H2,1-9H3. The summed E-state index contributed by atoms with van der Waals surface area (Å²) in [5, 5.41) is 0. The normalized spacial score (nSPS) is 17.9. The van der Waals surface area contributed by atoms with E-state index in [1.54, 1.807) is 38.9 Å². The Morgan fingerprint density at radius 2 is 1.00 bits per heavy atom. The van der Waals surface area contributed by atoms with Gasteiger partial charge < -0.3 is 9.80 Å². The van der Waals surface area contributed by atoms with E-state index in [4.69, 9.17) is 0 Å². The van der Waals surface area contributed by atoms with E-state index in [9.17, 15) is 0 Å². The van der Waals surface area contributed by atoms with Crippen LogP contribution in [0.15, 0.2) is 36.4 Å². The monoisotopic (exact) mass is 544 g/mol. The van der Waals surface area contributed by atoms with E-state index in [1.807, 2.05) is 0 Å². The van der Waals surface area contributed by atoms with E-state index >= 15 is 0 Å². The summed E-state index contributed by atoms with van der Waals surface area (Å²) < 4.78 is 0. The number of benzene rings is 3. The Hall–Kier alpha value is -2.68. The van der Waals surface area contributed by atoms with Crippen LogP contribution < -0.4 is 26.2 Å². The van der Waals surface area contributed by atoms with Gasteiger partial charge in [-0.05, 0) is 111 Å². The molecule has 0 N–H and O–H groups in total. The van der Waals surface area contributed by atoms with Crippen LogP contribution in [0.1, 0.15) is 116 Å². The summed E-state index contributed by atoms with van der Waals surface area (Å²) in [7, 11) is 0. The summed E-state index contributed by atoms with van der Waals surface area (Å²) in [4.78, 5) is 5.54. The molecule has 0 saturated carbocycles. The first kappa shape index (κ1) is 27.2. The molecular weight excluding hydrogens is 495 g/mol. The first-order valence-electron chi connectivity index (χ1n) is 16.3. The van der Waals surface area contributed by atoms with Crippen LogP contribution in [-0.2, 0) is 29.1 Å². The molecule has 0 aromatic heterocycles. The summed E-state index contributed by atoms with van der Waals surface area (Å²) in [6, 6.07) is 15.2. The molecule has 0 fully saturated rings. The molecular formula is C38H49BN2. The molecule has 4 aliphatic rings. The molecule has 0 aliphatic carbocycles. The first-order valence-corrected chi connectivity index (χ1v) is 16.3. The third kappa shape index (κ3) is 4.04. The van der Waals surface area contributed by atoms with Crippen molar-refractivity contribution in [3.63, 3.8) is 0 Å². The van der Waals surface area contributed by atoms with Crippen LogP contribution >= 0.6 is 0 Å². The maximum absolute atomic E-state index is 2.77. The quantitative estimate of drug-likeness (QED) is 0.268. The van der Waals surface area contributed by atoms with Crippen LogP contribution in [0.3, 0.4) is 0 Å². The molecule has 0 amide bonds. The minimum Gasteiger partial charge on any atom is -0.342 e. The lowest BCUT2D eigenvalue weighted by Gasteiger charge is -2.46. The van der Waals surface area contributed by atoms with Crippen LogP contribution in [0.5, 0.6) is 0 Å². The fraction of sp³-hybridized carbons (Fsp3) is 0.526. The molecule has 4 heterocycles. The number of rotatable bonds is 0. The Balaban J connectivity index is 1.62. The van der Waals surface area contributed by atoms with E-state index in [2.05, 4.69) is 109 Å². The Morgan fingerprint density at radius 1 is 0.561 bits per heavy atom. The minimum absolute atomic E-state index is 0.0887. The maximum atomic E-state index is 2.77. The summed E-state index contributed by atoms with van der Waals surface area (Å²) >= 11 is 0. The number of fused-ring (bicyclic) bond motifs is 4. The molecule has 3 aromatic rings. The van der Waals surface area contributed by atoms with Crippen molar-refractivity contribution in [1.29, 1.82) is 0 Å². The largest absolute Gasteiger partial charge is 0.342 e. The van der Waals surface area contributed by atoms with Gasteiger partial charge in [0.2, 0.25) is 0 Å². The van der Waals surface area contributed by atoms with Gasteiger partial charge in [0.05, 0.1) is 0 Å². The second kappa shape index (κ2) is 8.92. The van der Waals surface area contributed by atoms with Gasteiger partial charge in [0.1, 0.15) is 0 Å². The Morgan fingerprint density at radius 3 is 1.39 bits per heavy atom. The molecule has 7 rings (SSSR count). The lowest BCUT2D eigenvalue weighted by atomic mass is 9.33. The maximum Gasteiger partial charge on any atom is 0.252 e. The van der Waals surface area contributed by atoms with Gasteiger partial charge >= 0.3 is 0 Å². The van der Waals surface area contributed by atoms with Crippen molar-refractivity contribution in [3.05, 3.63) is 64.2 Å². The van der Waals surface area contributed by atoms with Crippen molar-refractivity contribution in [3.8, 4) is 0 Å². The summed E-state index contributed by atoms with van der Waals surface area (Å²) in [6.07, 6.45) is 7.40. The molecule has 3 heteroatoms. The fourth-order valence-corrected chi connectivity index (χ4v) is 8.45. The van der Waals surface area contributed by atoms with E-state index < -0.39 is 0 Å². The van der Waals surface area contributed by atoms with Crippen LogP contribution in [0, 0.1) is 0 Å². The third-order valence-corrected chi connectivity index (χ3v) is 10.4. The summed E-state index contributed by atoms with van der Waals surface area (Å²) in [6.45, 7) is 24.1. The molecule has 0 radical (unpaired) electrons. The third-order valence-electron chi connectivity index (χ3n) is 10.4. The van der Waals surface area contributed by atoms with Crippen LogP contribution in [-0.4, -0.2) is 19.8 Å². The Labute approximate surface area is 249 Å². The zero-order valence-electron chi connectivity index (χ0n) is 27.1. The van der Waals surface area contributed by atoms with Gasteiger partial charge in [0, 0.05) is 35.8 Å². The number of hydrogen-bond donors (Lipinski definition) is 0. The first-order chi connectivity index (χ1) is 19.3. The second-order valence-electron chi connectivity index (χ2n) is 16.4. The van der Waals surface area contributed by atoms with Gasteiger partial charge in [-0.2, -0.15) is 0 Å². The molecule has 0 unspecified atom stereocenters. The van der Waals surface area contributed by atoms with Gasteiger partial charge in [-0.3, -0.25) is 0 Å². The zero-order chi connectivity index (χ0) is 29.1. The highest BCUT2D eigenvalue weighted by molar-refractivity contribution is 7.00. The Kier molecular flexibility index (Phi) is 5.91. The van der Waals surface area contributed by atoms with Crippen LogP contribution in [0.2, 0.25) is 0 Å². The van der Waals surface area contributed by atoms with Crippen molar-refractivity contribution in [2.24, 2.45) is 0 Å². The van der Waals surface area contributed by atoms with E-state index in [-0.39, 0.29) is 16.2 Å². The molecule has 3 aromatic carbocycles. The number of hydrogen-bond acceptors (Lipinski definition) is 2. The van der Waals surface area contributed by atoms with Gasteiger partial charge in [-0.25, -0.2) is 0 Å². The SMILES string of the molecule is CC(C)(C)c1cc2c3c(c1)N1CCCCc4c(C(C)(C)C)ccc(c41)B3c1ccc(C(C)(C)C)c3c1N2CCCC3. The molecule has 0 atom stereocenters. The average Bonchev–Trinajstić information content (AvgIpc) is 3.24. The minimum atomic E-state index is 0.0887. The molecule has 214 valence electrons. The van der Waals surface area contributed by atoms with Crippen LogP contribution in [0.4, 0.5) is 22.7 Å². The predicted molar refractivity (Wildman–Crippen MR) is 180 cm³/mol. The van der Waals surface area contributed by atoms with E-state index in [0.717, 1.165) is 13.1 Å². The van der Waals surface area contributed by atoms with E-state index in [1.165, 1.54) is 66.6 Å². The van der Waals surface area contributed by atoms with E-state index in [0.29, 0.717) is 6.71 Å². The molecule has 4 aliphatic heterocycles. The van der Waals surface area contributed by atoms with Gasteiger partial charge in [-0.15, -0.1) is 0 Å². The van der Waals surface area contributed by atoms with Crippen molar-refractivity contribution >= 4 is 45.9 Å². The summed E-state index contributed by atoms with van der Waals surface area (Å²) in [5.41, 5.74) is 18.8. The van der Waals surface area contributed by atoms with Gasteiger partial charge in [0.15, 0.2) is 0 Å². The Bertz CT molecular complexity index is 1450. The van der Waals surface area contributed by atoms with Gasteiger partial charge in [0.25, 0.3) is 6.71 Å². The smallest absolute Gasteiger partial charge is 0.252 e. The lowest BCUT2D eigenvalue weighted by Crippen LogP contribution is -2.63. The fourth-order valence-electron chi connectivity index (χ4n) is 8.45. The topological polar surface area (TPSA) is 6.48 Å². The number of anilines is 4. The lowest BCUT2D eigenvalue weighted by molar-refractivity contribution is 0.581. The molecule has 0 saturated heterocycles. The average molecular weight is 545 g/mol. The predicted octanol–water partition coefficient (Wildman–Crippen LogP) is 7.67. The highest BCUT2D eigenvalue weighted by Crippen LogP contribution is 2.47. The van der Waals surface area contributed by atoms with Crippen molar-refractivity contribution in [2.45, 2.75) is 117 Å². The second-order valence-corrected chi connectivity index (χ2v) is 16.4. The zero-order valence-corrected chi connectivity index (χ0v) is 27.1. The molecule has 2 nitrogen and oxygen atoms in total. The molecule has 0 spiro atoms. The highest BCUT2D eigenvalue weighted by atomic mass is 15.2. The molecule has 41 heavy (non-hydrogen) atoms.